The standard InChI is InChI=1S/C16H24O2/c1-11-7-5-8-13(12(11)2)18-14-9-6-10-16(3,4)15(14)17/h5,7-8,14-15,17H,6,9-10H2,1-4H3. The molecule has 0 amide bonds. The van der Waals surface area contributed by atoms with Crippen molar-refractivity contribution in [3.63, 3.8) is 0 Å². The van der Waals surface area contributed by atoms with Gasteiger partial charge in [-0.25, -0.2) is 0 Å². The Bertz CT molecular complexity index is 423. The van der Waals surface area contributed by atoms with Crippen LogP contribution in [0, 0.1) is 19.3 Å². The maximum absolute atomic E-state index is 10.4. The number of hydrogen-bond acceptors (Lipinski definition) is 2. The Labute approximate surface area is 110 Å². The van der Waals surface area contributed by atoms with E-state index in [0.29, 0.717) is 0 Å². The highest BCUT2D eigenvalue weighted by Crippen LogP contribution is 2.37. The zero-order chi connectivity index (χ0) is 13.3. The summed E-state index contributed by atoms with van der Waals surface area (Å²) < 4.78 is 6.06. The number of hydrogen-bond donors (Lipinski definition) is 1. The van der Waals surface area contributed by atoms with E-state index in [1.165, 1.54) is 11.1 Å². The highest BCUT2D eigenvalue weighted by molar-refractivity contribution is 5.38. The second kappa shape index (κ2) is 4.93. The number of rotatable bonds is 2. The van der Waals surface area contributed by atoms with Gasteiger partial charge in [0.2, 0.25) is 0 Å². The van der Waals surface area contributed by atoms with Gasteiger partial charge in [0.25, 0.3) is 0 Å². The molecule has 0 spiro atoms. The first-order valence-corrected chi connectivity index (χ1v) is 6.83. The maximum atomic E-state index is 10.4. The summed E-state index contributed by atoms with van der Waals surface area (Å²) in [6, 6.07) is 6.10. The minimum absolute atomic E-state index is 0.0410. The minimum atomic E-state index is -0.383. The molecule has 1 aromatic carbocycles. The molecule has 0 heterocycles. The molecule has 2 rings (SSSR count). The van der Waals surface area contributed by atoms with Gasteiger partial charge < -0.3 is 9.84 Å². The lowest BCUT2D eigenvalue weighted by atomic mass is 9.73. The Hall–Kier alpha value is -1.02. The van der Waals surface area contributed by atoms with Gasteiger partial charge in [-0.2, -0.15) is 0 Å². The average Bonchev–Trinajstić information content (AvgIpc) is 2.31. The summed E-state index contributed by atoms with van der Waals surface area (Å²) in [4.78, 5) is 0. The monoisotopic (exact) mass is 248 g/mol. The lowest BCUT2D eigenvalue weighted by Gasteiger charge is -2.40. The molecule has 1 aliphatic rings. The summed E-state index contributed by atoms with van der Waals surface area (Å²) in [7, 11) is 0. The van der Waals surface area contributed by atoms with Gasteiger partial charge >= 0.3 is 0 Å². The van der Waals surface area contributed by atoms with Gasteiger partial charge in [-0.3, -0.25) is 0 Å². The Morgan fingerprint density at radius 1 is 1.28 bits per heavy atom. The van der Waals surface area contributed by atoms with E-state index in [1.54, 1.807) is 0 Å². The van der Waals surface area contributed by atoms with Gasteiger partial charge in [0.15, 0.2) is 0 Å². The summed E-state index contributed by atoms with van der Waals surface area (Å²) in [5.41, 5.74) is 2.37. The molecule has 1 aromatic rings. The van der Waals surface area contributed by atoms with Crippen LogP contribution in [0.25, 0.3) is 0 Å². The highest BCUT2D eigenvalue weighted by Gasteiger charge is 2.39. The molecule has 2 nitrogen and oxygen atoms in total. The third-order valence-corrected chi connectivity index (χ3v) is 4.30. The Morgan fingerprint density at radius 3 is 2.72 bits per heavy atom. The van der Waals surface area contributed by atoms with Crippen LogP contribution in [0.4, 0.5) is 0 Å². The lowest BCUT2D eigenvalue weighted by molar-refractivity contribution is -0.0691. The van der Waals surface area contributed by atoms with Gasteiger partial charge in [0, 0.05) is 0 Å². The zero-order valence-corrected chi connectivity index (χ0v) is 11.9. The van der Waals surface area contributed by atoms with Crippen molar-refractivity contribution in [3.8, 4) is 5.75 Å². The molecule has 0 bridgehead atoms. The molecule has 0 saturated heterocycles. The molecule has 2 atom stereocenters. The molecule has 1 saturated carbocycles. The van der Waals surface area contributed by atoms with Crippen molar-refractivity contribution in [1.29, 1.82) is 0 Å². The van der Waals surface area contributed by atoms with Crippen molar-refractivity contribution in [1.82, 2.24) is 0 Å². The molecule has 0 radical (unpaired) electrons. The SMILES string of the molecule is Cc1cccc(OC2CCCC(C)(C)C2O)c1C. The molecular weight excluding hydrogens is 224 g/mol. The van der Waals surface area contributed by atoms with Crippen LogP contribution in [0.2, 0.25) is 0 Å². The number of aryl methyl sites for hydroxylation is 1. The van der Waals surface area contributed by atoms with E-state index >= 15 is 0 Å². The summed E-state index contributed by atoms with van der Waals surface area (Å²) in [6.07, 6.45) is 2.68. The number of benzene rings is 1. The molecule has 1 N–H and O–H groups in total. The summed E-state index contributed by atoms with van der Waals surface area (Å²) in [6.45, 7) is 8.40. The first kappa shape index (κ1) is 13.4. The van der Waals surface area contributed by atoms with E-state index in [9.17, 15) is 5.11 Å². The summed E-state index contributed by atoms with van der Waals surface area (Å²) >= 11 is 0. The Morgan fingerprint density at radius 2 is 2.00 bits per heavy atom. The lowest BCUT2D eigenvalue weighted by Crippen LogP contribution is -2.46. The predicted molar refractivity (Wildman–Crippen MR) is 74.0 cm³/mol. The van der Waals surface area contributed by atoms with Crippen LogP contribution in [0.15, 0.2) is 18.2 Å². The second-order valence-electron chi connectivity index (χ2n) is 6.18. The van der Waals surface area contributed by atoms with E-state index in [0.717, 1.165) is 25.0 Å². The van der Waals surface area contributed by atoms with Gasteiger partial charge in [0.1, 0.15) is 11.9 Å². The van der Waals surface area contributed by atoms with Crippen molar-refractivity contribution in [2.75, 3.05) is 0 Å². The molecule has 18 heavy (non-hydrogen) atoms. The molecule has 0 aromatic heterocycles. The molecule has 1 aliphatic carbocycles. The molecular formula is C16H24O2. The number of aliphatic hydroxyl groups is 1. The van der Waals surface area contributed by atoms with Gasteiger partial charge in [0.05, 0.1) is 6.10 Å². The number of ether oxygens (including phenoxy) is 1. The van der Waals surface area contributed by atoms with Gasteiger partial charge in [-0.05, 0) is 55.7 Å². The topological polar surface area (TPSA) is 29.5 Å². The van der Waals surface area contributed by atoms with Crippen LogP contribution in [0.1, 0.15) is 44.2 Å². The largest absolute Gasteiger partial charge is 0.487 e. The third kappa shape index (κ3) is 2.54. The number of aliphatic hydroxyl groups excluding tert-OH is 1. The molecule has 100 valence electrons. The van der Waals surface area contributed by atoms with Crippen LogP contribution < -0.4 is 4.74 Å². The minimum Gasteiger partial charge on any atom is -0.487 e. The average molecular weight is 248 g/mol. The molecule has 2 heteroatoms. The van der Waals surface area contributed by atoms with Gasteiger partial charge in [-0.15, -0.1) is 0 Å². The fourth-order valence-electron chi connectivity index (χ4n) is 2.71. The molecule has 2 unspecified atom stereocenters. The van der Waals surface area contributed by atoms with Crippen LogP contribution >= 0.6 is 0 Å². The molecule has 1 fully saturated rings. The predicted octanol–water partition coefficient (Wildman–Crippen LogP) is 3.62. The van der Waals surface area contributed by atoms with E-state index < -0.39 is 0 Å². The van der Waals surface area contributed by atoms with Crippen molar-refractivity contribution in [2.24, 2.45) is 5.41 Å². The fraction of sp³-hybridized carbons (Fsp3) is 0.625. The van der Waals surface area contributed by atoms with Crippen LogP contribution in [0.5, 0.6) is 5.75 Å². The van der Waals surface area contributed by atoms with Crippen molar-refractivity contribution >= 4 is 0 Å². The smallest absolute Gasteiger partial charge is 0.125 e. The van der Waals surface area contributed by atoms with Crippen molar-refractivity contribution in [2.45, 2.75) is 59.2 Å². The second-order valence-corrected chi connectivity index (χ2v) is 6.18. The first-order valence-electron chi connectivity index (χ1n) is 6.83. The van der Waals surface area contributed by atoms with Crippen LogP contribution in [-0.4, -0.2) is 17.3 Å². The zero-order valence-electron chi connectivity index (χ0n) is 11.9. The third-order valence-electron chi connectivity index (χ3n) is 4.30. The van der Waals surface area contributed by atoms with E-state index in [1.807, 2.05) is 12.1 Å². The van der Waals surface area contributed by atoms with Crippen LogP contribution in [0.3, 0.4) is 0 Å². The van der Waals surface area contributed by atoms with Crippen molar-refractivity contribution in [3.05, 3.63) is 29.3 Å². The van der Waals surface area contributed by atoms with E-state index in [2.05, 4.69) is 33.8 Å². The highest BCUT2D eigenvalue weighted by atomic mass is 16.5. The summed E-state index contributed by atoms with van der Waals surface area (Å²) in [5, 5.41) is 10.4. The van der Waals surface area contributed by atoms with Crippen LogP contribution in [-0.2, 0) is 0 Å². The quantitative estimate of drug-likeness (QED) is 0.866. The van der Waals surface area contributed by atoms with E-state index in [4.69, 9.17) is 4.74 Å². The summed E-state index contributed by atoms with van der Waals surface area (Å²) in [5.74, 6) is 0.914. The molecule has 0 aliphatic heterocycles. The Kier molecular flexibility index (Phi) is 3.67. The Balaban J connectivity index is 2.16. The van der Waals surface area contributed by atoms with E-state index in [-0.39, 0.29) is 17.6 Å². The normalized spacial score (nSPS) is 26.9. The van der Waals surface area contributed by atoms with Gasteiger partial charge in [-0.1, -0.05) is 26.0 Å². The van der Waals surface area contributed by atoms with Crippen molar-refractivity contribution < 1.29 is 9.84 Å². The fourth-order valence-corrected chi connectivity index (χ4v) is 2.71. The first-order chi connectivity index (χ1) is 8.42. The maximum Gasteiger partial charge on any atom is 0.125 e.